The van der Waals surface area contributed by atoms with Gasteiger partial charge < -0.3 is 10.1 Å². The summed E-state index contributed by atoms with van der Waals surface area (Å²) in [6, 6.07) is 5.67. The second-order valence-electron chi connectivity index (χ2n) is 5.90. The van der Waals surface area contributed by atoms with E-state index in [0.717, 1.165) is 19.6 Å². The van der Waals surface area contributed by atoms with Crippen LogP contribution in [0.2, 0.25) is 0 Å². The minimum absolute atomic E-state index is 0.0545. The molecule has 3 atom stereocenters. The fourth-order valence-electron chi connectivity index (χ4n) is 3.85. The molecule has 1 N–H and O–H groups in total. The van der Waals surface area contributed by atoms with E-state index in [1.54, 1.807) is 13.2 Å². The van der Waals surface area contributed by atoms with Crippen LogP contribution in [-0.4, -0.2) is 37.7 Å². The van der Waals surface area contributed by atoms with Gasteiger partial charge in [-0.25, -0.2) is 4.39 Å². The van der Waals surface area contributed by atoms with Gasteiger partial charge in [0.2, 0.25) is 0 Å². The van der Waals surface area contributed by atoms with Gasteiger partial charge in [0.1, 0.15) is 11.6 Å². The Kier molecular flexibility index (Phi) is 3.94. The third kappa shape index (κ3) is 2.31. The van der Waals surface area contributed by atoms with E-state index < -0.39 is 0 Å². The smallest absolute Gasteiger partial charge is 0.131 e. The lowest BCUT2D eigenvalue weighted by Crippen LogP contribution is -2.46. The van der Waals surface area contributed by atoms with Crippen LogP contribution < -0.4 is 10.1 Å². The predicted molar refractivity (Wildman–Crippen MR) is 77.5 cm³/mol. The lowest BCUT2D eigenvalue weighted by atomic mass is 9.89. The van der Waals surface area contributed by atoms with Crippen molar-refractivity contribution in [3.63, 3.8) is 0 Å². The van der Waals surface area contributed by atoms with Crippen molar-refractivity contribution in [2.24, 2.45) is 5.92 Å². The van der Waals surface area contributed by atoms with Crippen molar-refractivity contribution in [2.75, 3.05) is 26.7 Å². The molecule has 1 aromatic rings. The highest BCUT2D eigenvalue weighted by Gasteiger charge is 2.38. The van der Waals surface area contributed by atoms with E-state index in [9.17, 15) is 4.39 Å². The van der Waals surface area contributed by atoms with Crippen LogP contribution >= 0.6 is 0 Å². The Morgan fingerprint density at radius 2 is 2.25 bits per heavy atom. The average molecular weight is 278 g/mol. The molecule has 2 heterocycles. The maximum Gasteiger partial charge on any atom is 0.131 e. The second kappa shape index (κ2) is 5.70. The highest BCUT2D eigenvalue weighted by Crippen LogP contribution is 2.37. The number of likely N-dealkylation sites (tertiary alicyclic amines) is 1. The van der Waals surface area contributed by atoms with E-state index in [1.165, 1.54) is 18.9 Å². The SMILES string of the molecule is COc1cccc(F)c1C(C)N1CCCC2CNCC21. The molecule has 110 valence electrons. The number of nitrogens with zero attached hydrogens (tertiary/aromatic N) is 1. The Morgan fingerprint density at radius 3 is 3.05 bits per heavy atom. The summed E-state index contributed by atoms with van der Waals surface area (Å²) in [5, 5.41) is 3.48. The van der Waals surface area contributed by atoms with E-state index in [4.69, 9.17) is 4.74 Å². The first-order valence-electron chi connectivity index (χ1n) is 7.51. The van der Waals surface area contributed by atoms with Gasteiger partial charge >= 0.3 is 0 Å². The molecule has 3 unspecified atom stereocenters. The van der Waals surface area contributed by atoms with Crippen molar-refractivity contribution in [1.82, 2.24) is 10.2 Å². The Hall–Kier alpha value is -1.13. The molecular weight excluding hydrogens is 255 g/mol. The zero-order chi connectivity index (χ0) is 14.1. The average Bonchev–Trinajstić information content (AvgIpc) is 2.94. The van der Waals surface area contributed by atoms with Crippen molar-refractivity contribution < 1.29 is 9.13 Å². The highest BCUT2D eigenvalue weighted by atomic mass is 19.1. The van der Waals surface area contributed by atoms with Gasteiger partial charge in [0.25, 0.3) is 0 Å². The molecular formula is C16H23FN2O. The van der Waals surface area contributed by atoms with Gasteiger partial charge in [-0.3, -0.25) is 4.90 Å². The molecule has 2 saturated heterocycles. The zero-order valence-electron chi connectivity index (χ0n) is 12.2. The molecule has 0 aromatic heterocycles. The van der Waals surface area contributed by atoms with Crippen LogP contribution in [0, 0.1) is 11.7 Å². The number of nitrogens with one attached hydrogen (secondary N) is 1. The van der Waals surface area contributed by atoms with Gasteiger partial charge in [0.05, 0.1) is 7.11 Å². The van der Waals surface area contributed by atoms with Crippen LogP contribution in [0.3, 0.4) is 0 Å². The van der Waals surface area contributed by atoms with Crippen LogP contribution in [0.25, 0.3) is 0 Å². The summed E-state index contributed by atoms with van der Waals surface area (Å²) < 4.78 is 19.6. The number of fused-ring (bicyclic) bond motifs is 1. The van der Waals surface area contributed by atoms with Crippen molar-refractivity contribution in [2.45, 2.75) is 31.8 Å². The summed E-state index contributed by atoms with van der Waals surface area (Å²) in [4.78, 5) is 2.45. The van der Waals surface area contributed by atoms with Crippen LogP contribution in [-0.2, 0) is 0 Å². The Balaban J connectivity index is 1.90. The van der Waals surface area contributed by atoms with Crippen LogP contribution in [0.15, 0.2) is 18.2 Å². The number of hydrogen-bond donors (Lipinski definition) is 1. The van der Waals surface area contributed by atoms with Crippen molar-refractivity contribution >= 4 is 0 Å². The summed E-state index contributed by atoms with van der Waals surface area (Å²) in [5.41, 5.74) is 0.697. The van der Waals surface area contributed by atoms with Crippen LogP contribution in [0.5, 0.6) is 5.75 Å². The van der Waals surface area contributed by atoms with Crippen LogP contribution in [0.4, 0.5) is 4.39 Å². The summed E-state index contributed by atoms with van der Waals surface area (Å²) in [6.45, 7) is 5.26. The molecule has 0 amide bonds. The molecule has 0 bridgehead atoms. The monoisotopic (exact) mass is 278 g/mol. The van der Waals surface area contributed by atoms with Gasteiger partial charge in [-0.2, -0.15) is 0 Å². The number of piperidine rings is 1. The fourth-order valence-corrected chi connectivity index (χ4v) is 3.85. The van der Waals surface area contributed by atoms with Gasteiger partial charge in [-0.15, -0.1) is 0 Å². The topological polar surface area (TPSA) is 24.5 Å². The predicted octanol–water partition coefficient (Wildman–Crippen LogP) is 2.58. The molecule has 0 radical (unpaired) electrons. The highest BCUT2D eigenvalue weighted by molar-refractivity contribution is 5.37. The van der Waals surface area contributed by atoms with Crippen molar-refractivity contribution in [3.8, 4) is 5.75 Å². The summed E-state index contributed by atoms with van der Waals surface area (Å²) in [7, 11) is 1.61. The number of rotatable bonds is 3. The number of benzene rings is 1. The Labute approximate surface area is 120 Å². The van der Waals surface area contributed by atoms with E-state index in [1.807, 2.05) is 6.07 Å². The molecule has 0 aliphatic carbocycles. The molecule has 4 heteroatoms. The molecule has 2 aliphatic rings. The summed E-state index contributed by atoms with van der Waals surface area (Å²) >= 11 is 0. The zero-order valence-corrected chi connectivity index (χ0v) is 12.2. The lowest BCUT2D eigenvalue weighted by Gasteiger charge is -2.41. The summed E-state index contributed by atoms with van der Waals surface area (Å²) in [5.74, 6) is 1.21. The maximum absolute atomic E-state index is 14.3. The normalized spacial score (nSPS) is 28.1. The van der Waals surface area contributed by atoms with E-state index in [0.29, 0.717) is 23.3 Å². The largest absolute Gasteiger partial charge is 0.496 e. The molecule has 2 fully saturated rings. The second-order valence-corrected chi connectivity index (χ2v) is 5.90. The first-order valence-corrected chi connectivity index (χ1v) is 7.51. The standard InChI is InChI=1S/C16H23FN2O/c1-11(16-13(17)6-3-7-15(16)20-2)19-8-4-5-12-9-18-10-14(12)19/h3,6-7,11-12,14,18H,4-5,8-10H2,1-2H3. The summed E-state index contributed by atoms with van der Waals surface area (Å²) in [6.07, 6.45) is 2.49. The van der Waals surface area contributed by atoms with Crippen molar-refractivity contribution in [3.05, 3.63) is 29.6 Å². The minimum Gasteiger partial charge on any atom is -0.496 e. The number of hydrogen-bond acceptors (Lipinski definition) is 3. The first-order chi connectivity index (χ1) is 9.72. The van der Waals surface area contributed by atoms with Gasteiger partial charge in [0, 0.05) is 24.2 Å². The van der Waals surface area contributed by atoms with Crippen LogP contribution in [0.1, 0.15) is 31.4 Å². The van der Waals surface area contributed by atoms with Gasteiger partial charge in [-0.1, -0.05) is 6.07 Å². The van der Waals surface area contributed by atoms with E-state index in [2.05, 4.69) is 17.1 Å². The molecule has 0 saturated carbocycles. The molecule has 3 rings (SSSR count). The lowest BCUT2D eigenvalue weighted by molar-refractivity contribution is 0.0818. The first kappa shape index (κ1) is 13.8. The van der Waals surface area contributed by atoms with Gasteiger partial charge in [-0.05, 0) is 50.9 Å². The third-order valence-electron chi connectivity index (χ3n) is 4.87. The van der Waals surface area contributed by atoms with E-state index in [-0.39, 0.29) is 11.9 Å². The Bertz CT molecular complexity index is 480. The Morgan fingerprint density at radius 1 is 1.40 bits per heavy atom. The third-order valence-corrected chi connectivity index (χ3v) is 4.87. The molecule has 0 spiro atoms. The molecule has 2 aliphatic heterocycles. The maximum atomic E-state index is 14.3. The quantitative estimate of drug-likeness (QED) is 0.919. The van der Waals surface area contributed by atoms with E-state index >= 15 is 0 Å². The number of halogens is 1. The minimum atomic E-state index is -0.162. The molecule has 3 nitrogen and oxygen atoms in total. The molecule has 1 aromatic carbocycles. The molecule has 20 heavy (non-hydrogen) atoms. The fraction of sp³-hybridized carbons (Fsp3) is 0.625. The van der Waals surface area contributed by atoms with Gasteiger partial charge in [0.15, 0.2) is 0 Å². The number of methoxy groups -OCH3 is 1. The number of ether oxygens (including phenoxy) is 1. The van der Waals surface area contributed by atoms with Crippen molar-refractivity contribution in [1.29, 1.82) is 0 Å².